The van der Waals surface area contributed by atoms with Crippen molar-refractivity contribution in [3.8, 4) is 0 Å². The highest BCUT2D eigenvalue weighted by molar-refractivity contribution is 7.89. The second-order valence-electron chi connectivity index (χ2n) is 8.45. The van der Waals surface area contributed by atoms with Gasteiger partial charge in [-0.1, -0.05) is 44.5 Å². The lowest BCUT2D eigenvalue weighted by molar-refractivity contribution is 0.255. The Balaban J connectivity index is 2.63. The molecule has 0 radical (unpaired) electrons. The second-order valence-corrected chi connectivity index (χ2v) is 15.0. The Morgan fingerprint density at radius 3 is 2.31 bits per heavy atom. The highest BCUT2D eigenvalue weighted by Crippen LogP contribution is 2.36. The largest absolute Gasteiger partial charge is 0.417 e. The summed E-state index contributed by atoms with van der Waals surface area (Å²) in [4.78, 5) is 0.304. The topological polar surface area (TPSA) is 55.4 Å². The van der Waals surface area contributed by atoms with Crippen molar-refractivity contribution in [3.63, 3.8) is 0 Å². The molecule has 0 heterocycles. The van der Waals surface area contributed by atoms with Crippen molar-refractivity contribution in [1.29, 1.82) is 0 Å². The lowest BCUT2D eigenvalue weighted by Gasteiger charge is -2.36. The van der Waals surface area contributed by atoms with E-state index in [9.17, 15) is 8.42 Å². The summed E-state index contributed by atoms with van der Waals surface area (Å²) in [6, 6.07) is 6.90. The van der Waals surface area contributed by atoms with E-state index < -0.39 is 18.3 Å². The monoisotopic (exact) mass is 397 g/mol. The summed E-state index contributed by atoms with van der Waals surface area (Å²) in [7, 11) is -5.26. The second kappa shape index (κ2) is 9.31. The maximum Gasteiger partial charge on any atom is 0.240 e. The third-order valence-corrected chi connectivity index (χ3v) is 11.2. The van der Waals surface area contributed by atoms with Gasteiger partial charge in [0, 0.05) is 13.2 Å². The molecule has 0 aliphatic rings. The van der Waals surface area contributed by atoms with Crippen molar-refractivity contribution < 1.29 is 12.8 Å². The average Bonchev–Trinajstić information content (AvgIpc) is 2.52. The molecule has 0 aliphatic carbocycles. The molecule has 0 bridgehead atoms. The Hall–Kier alpha value is -0.953. The van der Waals surface area contributed by atoms with Gasteiger partial charge in [-0.15, -0.1) is 6.58 Å². The zero-order chi connectivity index (χ0) is 20.0. The first-order valence-corrected chi connectivity index (χ1v) is 13.6. The van der Waals surface area contributed by atoms with Gasteiger partial charge in [-0.25, -0.2) is 13.1 Å². The maximum atomic E-state index is 12.5. The first kappa shape index (κ1) is 23.1. The molecule has 1 atom stereocenters. The summed E-state index contributed by atoms with van der Waals surface area (Å²) in [5, 5.41) is 0.175. The summed E-state index contributed by atoms with van der Waals surface area (Å²) in [5.41, 5.74) is 1.04. The van der Waals surface area contributed by atoms with Crippen molar-refractivity contribution in [1.82, 2.24) is 4.72 Å². The first-order valence-electron chi connectivity index (χ1n) is 9.20. The molecule has 0 saturated carbocycles. The standard InChI is InChI=1S/C20H35NO3SSi/c1-8-9-18(14-15-24-26(6,7)20(3,4)5)16-21-25(22,23)19-12-10-17(2)11-13-19/h8,10-13,18,21H,1,9,14-16H2,2-7H3. The number of allylic oxidation sites excluding steroid dienone is 1. The van der Waals surface area contributed by atoms with Gasteiger partial charge in [-0.3, -0.25) is 0 Å². The quantitative estimate of drug-likeness (QED) is 0.452. The molecule has 1 aromatic carbocycles. The van der Waals surface area contributed by atoms with E-state index in [2.05, 4.69) is 45.2 Å². The van der Waals surface area contributed by atoms with Crippen LogP contribution < -0.4 is 4.72 Å². The molecule has 6 heteroatoms. The van der Waals surface area contributed by atoms with E-state index in [1.807, 2.05) is 25.1 Å². The molecule has 4 nitrogen and oxygen atoms in total. The molecule has 1 rings (SSSR count). The molecule has 1 aromatic rings. The van der Waals surface area contributed by atoms with Crippen molar-refractivity contribution >= 4 is 18.3 Å². The van der Waals surface area contributed by atoms with Crippen molar-refractivity contribution in [3.05, 3.63) is 42.5 Å². The summed E-state index contributed by atoms with van der Waals surface area (Å²) in [6.07, 6.45) is 3.42. The molecule has 0 amide bonds. The van der Waals surface area contributed by atoms with Crippen LogP contribution in [0.2, 0.25) is 18.1 Å². The number of benzene rings is 1. The molecular weight excluding hydrogens is 362 g/mol. The number of hydrogen-bond donors (Lipinski definition) is 1. The smallest absolute Gasteiger partial charge is 0.240 e. The predicted molar refractivity (Wildman–Crippen MR) is 112 cm³/mol. The van der Waals surface area contributed by atoms with Gasteiger partial charge >= 0.3 is 0 Å². The van der Waals surface area contributed by atoms with Gasteiger partial charge in [-0.2, -0.15) is 0 Å². The molecule has 1 N–H and O–H groups in total. The maximum absolute atomic E-state index is 12.5. The Labute approximate surface area is 161 Å². The molecule has 26 heavy (non-hydrogen) atoms. The number of sulfonamides is 1. The van der Waals surface area contributed by atoms with E-state index in [1.165, 1.54) is 0 Å². The Bertz CT molecular complexity index is 676. The van der Waals surface area contributed by atoms with Gasteiger partial charge < -0.3 is 4.43 Å². The van der Waals surface area contributed by atoms with Crippen LogP contribution in [0.1, 0.15) is 39.2 Å². The molecule has 0 saturated heterocycles. The SMILES string of the molecule is C=CCC(CCO[Si](C)(C)C(C)(C)C)CNS(=O)(=O)c1ccc(C)cc1. The van der Waals surface area contributed by atoms with Gasteiger partial charge in [0.25, 0.3) is 0 Å². The van der Waals surface area contributed by atoms with E-state index in [4.69, 9.17) is 4.43 Å². The zero-order valence-electron chi connectivity index (χ0n) is 17.1. The first-order chi connectivity index (χ1) is 11.9. The Morgan fingerprint density at radius 1 is 1.23 bits per heavy atom. The lowest BCUT2D eigenvalue weighted by atomic mass is 10.0. The Morgan fingerprint density at radius 2 is 1.81 bits per heavy atom. The highest BCUT2D eigenvalue weighted by atomic mass is 32.2. The van der Waals surface area contributed by atoms with Crippen LogP contribution in [0, 0.1) is 12.8 Å². The highest BCUT2D eigenvalue weighted by Gasteiger charge is 2.37. The number of aryl methyl sites for hydroxylation is 1. The van der Waals surface area contributed by atoms with Gasteiger partial charge in [0.05, 0.1) is 4.90 Å². The van der Waals surface area contributed by atoms with E-state index in [0.29, 0.717) is 18.0 Å². The molecule has 0 spiro atoms. The van der Waals surface area contributed by atoms with Gasteiger partial charge in [0.15, 0.2) is 8.32 Å². The van der Waals surface area contributed by atoms with Crippen LogP contribution in [0.15, 0.2) is 41.8 Å². The summed E-state index contributed by atoms with van der Waals surface area (Å²) < 4.78 is 33.9. The van der Waals surface area contributed by atoms with Gasteiger partial charge in [0.1, 0.15) is 0 Å². The summed E-state index contributed by atoms with van der Waals surface area (Å²) in [5.74, 6) is 0.178. The lowest BCUT2D eigenvalue weighted by Crippen LogP contribution is -2.41. The number of hydrogen-bond acceptors (Lipinski definition) is 3. The summed E-state index contributed by atoms with van der Waals surface area (Å²) in [6.45, 7) is 17.9. The fourth-order valence-electron chi connectivity index (χ4n) is 2.26. The number of nitrogens with one attached hydrogen (secondary N) is 1. The van der Waals surface area contributed by atoms with E-state index in [0.717, 1.165) is 18.4 Å². The fourth-order valence-corrected chi connectivity index (χ4v) is 4.44. The van der Waals surface area contributed by atoms with Crippen LogP contribution in [0.25, 0.3) is 0 Å². The van der Waals surface area contributed by atoms with Crippen LogP contribution in [0.5, 0.6) is 0 Å². The molecule has 0 fully saturated rings. The molecule has 148 valence electrons. The molecular formula is C20H35NO3SSi. The van der Waals surface area contributed by atoms with Crippen LogP contribution in [-0.2, 0) is 14.4 Å². The molecule has 0 aliphatic heterocycles. The third-order valence-electron chi connectivity index (χ3n) is 5.19. The minimum Gasteiger partial charge on any atom is -0.417 e. The van der Waals surface area contributed by atoms with Gasteiger partial charge in [-0.05, 0) is 55.9 Å². The van der Waals surface area contributed by atoms with Crippen LogP contribution in [-0.4, -0.2) is 29.9 Å². The van der Waals surface area contributed by atoms with Gasteiger partial charge in [0.2, 0.25) is 10.0 Å². The van der Waals surface area contributed by atoms with Crippen LogP contribution in [0.4, 0.5) is 0 Å². The fraction of sp³-hybridized carbons (Fsp3) is 0.600. The normalized spacial score (nSPS) is 14.2. The van der Waals surface area contributed by atoms with E-state index in [1.54, 1.807) is 12.1 Å². The van der Waals surface area contributed by atoms with Crippen molar-refractivity contribution in [2.45, 2.75) is 63.6 Å². The minimum absolute atomic E-state index is 0.175. The minimum atomic E-state index is -3.48. The average molecular weight is 398 g/mol. The third kappa shape index (κ3) is 6.99. The number of rotatable bonds is 10. The van der Waals surface area contributed by atoms with E-state index >= 15 is 0 Å². The zero-order valence-corrected chi connectivity index (χ0v) is 18.9. The van der Waals surface area contributed by atoms with Crippen LogP contribution in [0.3, 0.4) is 0 Å². The van der Waals surface area contributed by atoms with Crippen molar-refractivity contribution in [2.75, 3.05) is 13.2 Å². The molecule has 1 unspecified atom stereocenters. The van der Waals surface area contributed by atoms with E-state index in [-0.39, 0.29) is 11.0 Å². The summed E-state index contributed by atoms with van der Waals surface area (Å²) >= 11 is 0. The van der Waals surface area contributed by atoms with Crippen molar-refractivity contribution in [2.24, 2.45) is 5.92 Å². The predicted octanol–water partition coefficient (Wildman–Crippen LogP) is 4.88. The molecule has 0 aromatic heterocycles. The Kier molecular flexibility index (Phi) is 8.26. The van der Waals surface area contributed by atoms with Crippen LogP contribution >= 0.6 is 0 Å².